The Morgan fingerprint density at radius 3 is 2.57 bits per heavy atom. The van der Waals surface area contributed by atoms with Gasteiger partial charge in [0.1, 0.15) is 0 Å². The third-order valence-electron chi connectivity index (χ3n) is 2.78. The quantitative estimate of drug-likeness (QED) is 0.708. The lowest BCUT2D eigenvalue weighted by Gasteiger charge is -2.07. The summed E-state index contributed by atoms with van der Waals surface area (Å²) in [4.78, 5) is 38.4. The van der Waals surface area contributed by atoms with Gasteiger partial charge in [-0.1, -0.05) is 0 Å². The van der Waals surface area contributed by atoms with Crippen LogP contribution in [0.15, 0.2) is 40.1 Å². The average Bonchev–Trinajstić information content (AvgIpc) is 2.47. The maximum Gasteiger partial charge on any atom is 0.338 e. The summed E-state index contributed by atoms with van der Waals surface area (Å²) in [6.07, 6.45) is 1.36. The Morgan fingerprint density at radius 2 is 1.95 bits per heavy atom. The van der Waals surface area contributed by atoms with Gasteiger partial charge in [0, 0.05) is 18.4 Å². The highest BCUT2D eigenvalue weighted by atomic mass is 16.5. The molecule has 7 heteroatoms. The first-order valence-corrected chi connectivity index (χ1v) is 6.42. The van der Waals surface area contributed by atoms with Crippen molar-refractivity contribution in [2.45, 2.75) is 13.5 Å². The second-order valence-corrected chi connectivity index (χ2v) is 4.25. The van der Waals surface area contributed by atoms with Crippen molar-refractivity contribution < 1.29 is 9.53 Å². The second-order valence-electron chi connectivity index (χ2n) is 4.25. The van der Waals surface area contributed by atoms with Crippen molar-refractivity contribution in [1.82, 2.24) is 9.97 Å². The van der Waals surface area contributed by atoms with Crippen molar-refractivity contribution in [2.24, 2.45) is 0 Å². The van der Waals surface area contributed by atoms with Gasteiger partial charge in [0.25, 0.3) is 5.56 Å². The zero-order valence-electron chi connectivity index (χ0n) is 11.4. The first kappa shape index (κ1) is 14.6. The predicted molar refractivity (Wildman–Crippen MR) is 77.4 cm³/mol. The van der Waals surface area contributed by atoms with E-state index >= 15 is 0 Å². The van der Waals surface area contributed by atoms with Crippen LogP contribution in [0.1, 0.15) is 22.8 Å². The van der Waals surface area contributed by atoms with E-state index in [1.807, 2.05) is 0 Å². The molecule has 0 saturated heterocycles. The van der Waals surface area contributed by atoms with Crippen LogP contribution < -0.4 is 16.6 Å². The number of anilines is 1. The molecule has 1 heterocycles. The summed E-state index contributed by atoms with van der Waals surface area (Å²) in [5, 5.41) is 3.03. The molecule has 0 bridgehead atoms. The van der Waals surface area contributed by atoms with E-state index in [9.17, 15) is 14.4 Å². The normalized spacial score (nSPS) is 10.1. The highest BCUT2D eigenvalue weighted by molar-refractivity contribution is 5.89. The molecular weight excluding hydrogens is 274 g/mol. The molecule has 2 rings (SSSR count). The van der Waals surface area contributed by atoms with Gasteiger partial charge in [-0.3, -0.25) is 9.78 Å². The van der Waals surface area contributed by atoms with Crippen LogP contribution in [0.5, 0.6) is 0 Å². The smallest absolute Gasteiger partial charge is 0.338 e. The number of nitrogens with one attached hydrogen (secondary N) is 3. The van der Waals surface area contributed by atoms with Gasteiger partial charge >= 0.3 is 11.7 Å². The molecule has 0 aliphatic rings. The van der Waals surface area contributed by atoms with Gasteiger partial charge in [0.15, 0.2) is 0 Å². The number of carbonyl (C=O) groups excluding carboxylic acids is 1. The second kappa shape index (κ2) is 6.56. The molecule has 1 aromatic carbocycles. The molecule has 1 aromatic heterocycles. The summed E-state index contributed by atoms with van der Waals surface area (Å²) in [6.45, 7) is 2.33. The molecule has 7 nitrogen and oxygen atoms in total. The van der Waals surface area contributed by atoms with Gasteiger partial charge in [-0.25, -0.2) is 9.59 Å². The minimum Gasteiger partial charge on any atom is -0.462 e. The Morgan fingerprint density at radius 1 is 1.24 bits per heavy atom. The summed E-state index contributed by atoms with van der Waals surface area (Å²) < 4.78 is 4.89. The molecule has 3 N–H and O–H groups in total. The number of aromatic amines is 2. The van der Waals surface area contributed by atoms with Crippen LogP contribution in [-0.4, -0.2) is 22.5 Å². The Labute approximate surface area is 120 Å². The topological polar surface area (TPSA) is 104 Å². The van der Waals surface area contributed by atoms with Crippen molar-refractivity contribution in [3.8, 4) is 0 Å². The third-order valence-corrected chi connectivity index (χ3v) is 2.78. The number of ether oxygens (including phenoxy) is 1. The summed E-state index contributed by atoms with van der Waals surface area (Å²) in [5.41, 5.74) is 0.638. The number of H-pyrrole nitrogens is 2. The van der Waals surface area contributed by atoms with E-state index in [2.05, 4.69) is 15.3 Å². The monoisotopic (exact) mass is 289 g/mol. The molecule has 0 aliphatic heterocycles. The lowest BCUT2D eigenvalue weighted by Crippen LogP contribution is -2.25. The van der Waals surface area contributed by atoms with Crippen molar-refractivity contribution in [3.63, 3.8) is 0 Å². The highest BCUT2D eigenvalue weighted by Crippen LogP contribution is 2.11. The molecular formula is C14H15N3O4. The zero-order chi connectivity index (χ0) is 15.2. The number of benzene rings is 1. The minimum absolute atomic E-state index is 0.255. The Kier molecular flexibility index (Phi) is 4.55. The van der Waals surface area contributed by atoms with Crippen LogP contribution in [0.4, 0.5) is 5.69 Å². The molecule has 0 saturated carbocycles. The predicted octanol–water partition coefficient (Wildman–Crippen LogP) is 0.852. The number of hydrogen-bond acceptors (Lipinski definition) is 5. The van der Waals surface area contributed by atoms with Gasteiger partial charge < -0.3 is 15.0 Å². The van der Waals surface area contributed by atoms with Crippen molar-refractivity contribution in [3.05, 3.63) is 62.4 Å². The lowest BCUT2D eigenvalue weighted by atomic mass is 10.2. The van der Waals surface area contributed by atoms with Crippen LogP contribution in [0.25, 0.3) is 0 Å². The molecule has 21 heavy (non-hydrogen) atoms. The standard InChI is InChI=1S/C14H15N3O4/c1-2-21-13(19)9-3-5-11(6-4-9)15-7-10-8-16-14(20)17-12(10)18/h3-6,8,15H,2,7H2,1H3,(H2,16,17,18,20). The van der Waals surface area contributed by atoms with Crippen molar-refractivity contribution in [1.29, 1.82) is 0 Å². The summed E-state index contributed by atoms with van der Waals surface area (Å²) in [6, 6.07) is 6.70. The van der Waals surface area contributed by atoms with Crippen molar-refractivity contribution >= 4 is 11.7 Å². The average molecular weight is 289 g/mol. The van der Waals surface area contributed by atoms with Crippen LogP contribution >= 0.6 is 0 Å². The SMILES string of the molecule is CCOC(=O)c1ccc(NCc2c[nH]c(=O)[nH]c2=O)cc1. The van der Waals surface area contributed by atoms with Crippen LogP contribution in [0, 0.1) is 0 Å². The molecule has 0 atom stereocenters. The van der Waals surface area contributed by atoms with Gasteiger partial charge in [-0.15, -0.1) is 0 Å². The highest BCUT2D eigenvalue weighted by Gasteiger charge is 2.06. The molecule has 0 aliphatic carbocycles. The van der Waals surface area contributed by atoms with E-state index in [0.29, 0.717) is 17.7 Å². The van der Waals surface area contributed by atoms with E-state index in [4.69, 9.17) is 4.74 Å². The largest absolute Gasteiger partial charge is 0.462 e. The van der Waals surface area contributed by atoms with Crippen molar-refractivity contribution in [2.75, 3.05) is 11.9 Å². The lowest BCUT2D eigenvalue weighted by molar-refractivity contribution is 0.0526. The number of rotatable bonds is 5. The summed E-state index contributed by atoms with van der Waals surface area (Å²) in [5.74, 6) is -0.374. The van der Waals surface area contributed by atoms with Gasteiger partial charge in [-0.2, -0.15) is 0 Å². The number of carbonyl (C=O) groups is 1. The number of esters is 1. The molecule has 0 spiro atoms. The fourth-order valence-corrected chi connectivity index (χ4v) is 1.70. The van der Waals surface area contributed by atoms with E-state index in [0.717, 1.165) is 5.69 Å². The fourth-order valence-electron chi connectivity index (χ4n) is 1.70. The van der Waals surface area contributed by atoms with E-state index in [1.54, 1.807) is 31.2 Å². The Balaban J connectivity index is 2.02. The number of aromatic nitrogens is 2. The van der Waals surface area contributed by atoms with Gasteiger partial charge in [-0.05, 0) is 31.2 Å². The van der Waals surface area contributed by atoms with E-state index < -0.39 is 11.2 Å². The van der Waals surface area contributed by atoms with E-state index in [-0.39, 0.29) is 12.5 Å². The van der Waals surface area contributed by atoms with Crippen LogP contribution in [0.2, 0.25) is 0 Å². The van der Waals surface area contributed by atoms with Crippen LogP contribution in [0.3, 0.4) is 0 Å². The zero-order valence-corrected chi connectivity index (χ0v) is 11.4. The van der Waals surface area contributed by atoms with Crippen LogP contribution in [-0.2, 0) is 11.3 Å². The first-order valence-electron chi connectivity index (χ1n) is 6.42. The van der Waals surface area contributed by atoms with E-state index in [1.165, 1.54) is 6.20 Å². The third kappa shape index (κ3) is 3.82. The Hall–Kier alpha value is -2.83. The first-order chi connectivity index (χ1) is 10.1. The molecule has 0 fully saturated rings. The molecule has 110 valence electrons. The minimum atomic E-state index is -0.539. The fraction of sp³-hybridized carbons (Fsp3) is 0.214. The van der Waals surface area contributed by atoms with Gasteiger partial charge in [0.05, 0.1) is 17.7 Å². The maximum absolute atomic E-state index is 11.5. The maximum atomic E-state index is 11.5. The molecule has 0 amide bonds. The molecule has 0 unspecified atom stereocenters. The molecule has 0 radical (unpaired) electrons. The number of hydrogen-bond donors (Lipinski definition) is 3. The summed E-state index contributed by atoms with van der Waals surface area (Å²) >= 11 is 0. The molecule has 2 aromatic rings. The Bertz CT molecular complexity index is 731. The van der Waals surface area contributed by atoms with Gasteiger partial charge in [0.2, 0.25) is 0 Å². The summed E-state index contributed by atoms with van der Waals surface area (Å²) in [7, 11) is 0.